The first-order chi connectivity index (χ1) is 6.85. The van der Waals surface area contributed by atoms with Gasteiger partial charge in [0.05, 0.1) is 11.6 Å². The van der Waals surface area contributed by atoms with Gasteiger partial charge in [-0.15, -0.1) is 0 Å². The fourth-order valence-electron chi connectivity index (χ4n) is 2.14. The van der Waals surface area contributed by atoms with E-state index >= 15 is 0 Å². The minimum absolute atomic E-state index is 0.569. The van der Waals surface area contributed by atoms with E-state index in [0.717, 1.165) is 24.9 Å². The van der Waals surface area contributed by atoms with Crippen molar-refractivity contribution in [2.24, 2.45) is 11.7 Å². The van der Waals surface area contributed by atoms with Crippen LogP contribution in [0.4, 0.5) is 0 Å². The quantitative estimate of drug-likeness (QED) is 0.768. The molecule has 0 amide bonds. The van der Waals surface area contributed by atoms with Gasteiger partial charge < -0.3 is 5.73 Å². The van der Waals surface area contributed by atoms with E-state index in [2.05, 4.69) is 12.1 Å². The number of hydrogen-bond donors (Lipinski definition) is 1. The van der Waals surface area contributed by atoms with Crippen molar-refractivity contribution in [3.63, 3.8) is 0 Å². The summed E-state index contributed by atoms with van der Waals surface area (Å²) in [5.41, 5.74) is 7.61. The van der Waals surface area contributed by atoms with Gasteiger partial charge in [0, 0.05) is 0 Å². The lowest BCUT2D eigenvalue weighted by molar-refractivity contribution is 0.272. The van der Waals surface area contributed by atoms with E-state index in [1.54, 1.807) is 0 Å². The number of rotatable bonds is 2. The number of benzene rings is 1. The largest absolute Gasteiger partial charge is 0.330 e. The molecule has 1 aliphatic carbocycles. The van der Waals surface area contributed by atoms with Crippen molar-refractivity contribution in [2.75, 3.05) is 6.54 Å². The maximum atomic E-state index is 8.94. The van der Waals surface area contributed by atoms with Crippen LogP contribution in [-0.4, -0.2) is 6.54 Å². The zero-order valence-electron chi connectivity index (χ0n) is 8.11. The normalized spacial score (nSPS) is 25.1. The fraction of sp³-hybridized carbons (Fsp3) is 0.417. The summed E-state index contributed by atoms with van der Waals surface area (Å²) in [6, 6.07) is 10.1. The summed E-state index contributed by atoms with van der Waals surface area (Å²) in [4.78, 5) is 0. The lowest BCUT2D eigenvalue weighted by Crippen LogP contribution is -2.28. The Morgan fingerprint density at radius 3 is 2.71 bits per heavy atom. The molecule has 0 radical (unpaired) electrons. The van der Waals surface area contributed by atoms with Crippen LogP contribution >= 0.6 is 0 Å². The van der Waals surface area contributed by atoms with Crippen molar-refractivity contribution < 1.29 is 0 Å². The van der Waals surface area contributed by atoms with E-state index < -0.39 is 0 Å². The Morgan fingerprint density at radius 1 is 1.36 bits per heavy atom. The minimum atomic E-state index is 0.569. The predicted molar refractivity (Wildman–Crippen MR) is 55.7 cm³/mol. The molecular formula is C12H14N2. The summed E-state index contributed by atoms with van der Waals surface area (Å²) in [7, 11) is 0. The molecule has 14 heavy (non-hydrogen) atoms. The molecule has 0 heterocycles. The lowest BCUT2D eigenvalue weighted by atomic mass is 9.70. The van der Waals surface area contributed by atoms with Crippen molar-refractivity contribution in [3.05, 3.63) is 35.4 Å². The highest BCUT2D eigenvalue weighted by Gasteiger charge is 2.30. The summed E-state index contributed by atoms with van der Waals surface area (Å²) < 4.78 is 0. The molecule has 0 aliphatic heterocycles. The van der Waals surface area contributed by atoms with Crippen LogP contribution in [0.15, 0.2) is 24.3 Å². The zero-order valence-corrected chi connectivity index (χ0v) is 8.11. The van der Waals surface area contributed by atoms with Crippen molar-refractivity contribution in [3.8, 4) is 6.07 Å². The number of hydrogen-bond acceptors (Lipinski definition) is 2. The van der Waals surface area contributed by atoms with Crippen LogP contribution in [-0.2, 0) is 0 Å². The van der Waals surface area contributed by atoms with Crippen molar-refractivity contribution >= 4 is 0 Å². The molecule has 2 rings (SSSR count). The molecule has 1 aromatic rings. The van der Waals surface area contributed by atoms with Gasteiger partial charge in [-0.25, -0.2) is 0 Å². The highest BCUT2D eigenvalue weighted by molar-refractivity contribution is 5.40. The van der Waals surface area contributed by atoms with Gasteiger partial charge in [0.2, 0.25) is 0 Å². The monoisotopic (exact) mass is 186 g/mol. The Hall–Kier alpha value is -1.33. The van der Waals surface area contributed by atoms with E-state index in [1.165, 1.54) is 5.56 Å². The maximum Gasteiger partial charge on any atom is 0.0994 e. The van der Waals surface area contributed by atoms with Crippen molar-refractivity contribution in [1.82, 2.24) is 0 Å². The Bertz CT molecular complexity index is 359. The average Bonchev–Trinajstić information content (AvgIpc) is 2.17. The number of nitriles is 1. The van der Waals surface area contributed by atoms with E-state index in [9.17, 15) is 0 Å². The first-order valence-electron chi connectivity index (χ1n) is 5.04. The standard InChI is InChI=1S/C12H14N2/c13-7-9-5-11(6-9)12-4-2-1-3-10(12)8-14/h1-4,9,11H,5-7,13H2. The van der Waals surface area contributed by atoms with E-state index in [-0.39, 0.29) is 0 Å². The molecule has 0 atom stereocenters. The molecule has 1 aromatic carbocycles. The number of nitrogens with two attached hydrogens (primary N) is 1. The Morgan fingerprint density at radius 2 is 2.07 bits per heavy atom. The summed E-state index contributed by atoms with van der Waals surface area (Å²) in [6.07, 6.45) is 2.30. The van der Waals surface area contributed by atoms with Crippen LogP contribution in [0.2, 0.25) is 0 Å². The fourth-order valence-corrected chi connectivity index (χ4v) is 2.14. The third kappa shape index (κ3) is 1.51. The second-order valence-corrected chi connectivity index (χ2v) is 3.97. The zero-order chi connectivity index (χ0) is 9.97. The summed E-state index contributed by atoms with van der Waals surface area (Å²) >= 11 is 0. The maximum absolute atomic E-state index is 8.94. The first kappa shape index (κ1) is 9.23. The molecule has 0 aromatic heterocycles. The van der Waals surface area contributed by atoms with Crippen LogP contribution in [0.3, 0.4) is 0 Å². The molecule has 0 bridgehead atoms. The van der Waals surface area contributed by atoms with Gasteiger partial charge in [-0.2, -0.15) is 5.26 Å². The molecule has 0 unspecified atom stereocenters. The molecule has 0 spiro atoms. The van der Waals surface area contributed by atoms with E-state index in [0.29, 0.717) is 11.8 Å². The third-order valence-electron chi connectivity index (χ3n) is 3.09. The van der Waals surface area contributed by atoms with Crippen molar-refractivity contribution in [1.29, 1.82) is 5.26 Å². The minimum Gasteiger partial charge on any atom is -0.330 e. The van der Waals surface area contributed by atoms with Crippen LogP contribution in [0, 0.1) is 17.2 Å². The van der Waals surface area contributed by atoms with E-state index in [1.807, 2.05) is 18.2 Å². The Labute approximate surface area is 84.3 Å². The molecule has 0 saturated heterocycles. The highest BCUT2D eigenvalue weighted by atomic mass is 14.6. The Kier molecular flexibility index (Phi) is 2.51. The van der Waals surface area contributed by atoms with Gasteiger partial charge in [-0.3, -0.25) is 0 Å². The molecular weight excluding hydrogens is 172 g/mol. The van der Waals surface area contributed by atoms with Gasteiger partial charge in [-0.1, -0.05) is 18.2 Å². The third-order valence-corrected chi connectivity index (χ3v) is 3.09. The summed E-state index contributed by atoms with van der Waals surface area (Å²) in [5.74, 6) is 1.24. The molecule has 72 valence electrons. The summed E-state index contributed by atoms with van der Waals surface area (Å²) in [5, 5.41) is 8.94. The second kappa shape index (κ2) is 3.81. The van der Waals surface area contributed by atoms with E-state index in [4.69, 9.17) is 11.0 Å². The van der Waals surface area contributed by atoms with Crippen LogP contribution < -0.4 is 5.73 Å². The second-order valence-electron chi connectivity index (χ2n) is 3.97. The van der Waals surface area contributed by atoms with Gasteiger partial charge in [0.1, 0.15) is 0 Å². The number of nitrogens with zero attached hydrogens (tertiary/aromatic N) is 1. The van der Waals surface area contributed by atoms with Gasteiger partial charge in [0.15, 0.2) is 0 Å². The van der Waals surface area contributed by atoms with Gasteiger partial charge in [0.25, 0.3) is 0 Å². The predicted octanol–water partition coefficient (Wildman–Crippen LogP) is 2.01. The topological polar surface area (TPSA) is 49.8 Å². The highest BCUT2D eigenvalue weighted by Crippen LogP contribution is 2.41. The summed E-state index contributed by atoms with van der Waals surface area (Å²) in [6.45, 7) is 0.783. The Balaban J connectivity index is 2.15. The SMILES string of the molecule is N#Cc1ccccc1C1CC(CN)C1. The molecule has 2 nitrogen and oxygen atoms in total. The van der Waals surface area contributed by atoms with Gasteiger partial charge >= 0.3 is 0 Å². The first-order valence-corrected chi connectivity index (χ1v) is 5.04. The van der Waals surface area contributed by atoms with Crippen LogP contribution in [0.25, 0.3) is 0 Å². The lowest BCUT2D eigenvalue weighted by Gasteiger charge is -2.35. The molecule has 2 heteroatoms. The molecule has 2 N–H and O–H groups in total. The molecule has 1 saturated carbocycles. The van der Waals surface area contributed by atoms with Crippen LogP contribution in [0.5, 0.6) is 0 Å². The average molecular weight is 186 g/mol. The van der Waals surface area contributed by atoms with Crippen LogP contribution in [0.1, 0.15) is 29.9 Å². The molecule has 1 aliphatic rings. The smallest absolute Gasteiger partial charge is 0.0994 e. The van der Waals surface area contributed by atoms with Gasteiger partial charge in [-0.05, 0) is 42.9 Å². The molecule has 1 fully saturated rings. The van der Waals surface area contributed by atoms with Crippen molar-refractivity contribution in [2.45, 2.75) is 18.8 Å².